The molecule has 0 radical (unpaired) electrons. The van der Waals surface area contributed by atoms with Crippen molar-refractivity contribution in [1.29, 1.82) is 0 Å². The molecule has 3 heterocycles. The van der Waals surface area contributed by atoms with Gasteiger partial charge < -0.3 is 14.4 Å². The Balaban J connectivity index is 1.47. The van der Waals surface area contributed by atoms with E-state index in [1.54, 1.807) is 29.4 Å². The molecule has 3 amide bonds. The third kappa shape index (κ3) is 5.70. The van der Waals surface area contributed by atoms with Crippen molar-refractivity contribution in [3.05, 3.63) is 60.4 Å². The van der Waals surface area contributed by atoms with Crippen LogP contribution in [0.2, 0.25) is 0 Å². The van der Waals surface area contributed by atoms with Crippen molar-refractivity contribution in [1.82, 2.24) is 14.8 Å². The molecule has 0 unspecified atom stereocenters. The summed E-state index contributed by atoms with van der Waals surface area (Å²) in [7, 11) is 0. The monoisotopic (exact) mass is 479 g/mol. The Morgan fingerprint density at radius 1 is 1.23 bits per heavy atom. The summed E-state index contributed by atoms with van der Waals surface area (Å²) in [4.78, 5) is 47.3. The second kappa shape index (κ2) is 11.4. The van der Waals surface area contributed by atoms with E-state index in [1.807, 2.05) is 37.3 Å². The van der Waals surface area contributed by atoms with E-state index >= 15 is 0 Å². The van der Waals surface area contributed by atoms with Gasteiger partial charge >= 0.3 is 0 Å². The first-order valence-electron chi connectivity index (χ1n) is 12.4. The van der Waals surface area contributed by atoms with Gasteiger partial charge in [-0.05, 0) is 43.9 Å². The van der Waals surface area contributed by atoms with Gasteiger partial charge in [0.1, 0.15) is 5.75 Å². The van der Waals surface area contributed by atoms with Crippen LogP contribution in [0.25, 0.3) is 0 Å². The van der Waals surface area contributed by atoms with E-state index in [-0.39, 0.29) is 43.2 Å². The van der Waals surface area contributed by atoms with Gasteiger partial charge in [-0.2, -0.15) is 0 Å². The van der Waals surface area contributed by atoms with E-state index in [1.165, 1.54) is 4.90 Å². The number of hydrogen-bond acceptors (Lipinski definition) is 6. The van der Waals surface area contributed by atoms with E-state index < -0.39 is 5.41 Å². The smallest absolute Gasteiger partial charge is 0.240 e. The second-order valence-corrected chi connectivity index (χ2v) is 9.11. The van der Waals surface area contributed by atoms with Crippen molar-refractivity contribution < 1.29 is 23.9 Å². The van der Waals surface area contributed by atoms with Crippen LogP contribution in [0.1, 0.15) is 44.6 Å². The normalized spacial score (nSPS) is 22.0. The lowest BCUT2D eigenvalue weighted by Crippen LogP contribution is -2.45. The average molecular weight is 480 g/mol. The molecule has 2 saturated heterocycles. The molecule has 2 atom stereocenters. The fraction of sp³-hybridized carbons (Fsp3) is 0.481. The number of carbonyl (C=O) groups excluding carboxylic acids is 3. The summed E-state index contributed by atoms with van der Waals surface area (Å²) < 4.78 is 11.4. The predicted molar refractivity (Wildman–Crippen MR) is 130 cm³/mol. The number of amides is 3. The zero-order valence-electron chi connectivity index (χ0n) is 20.2. The molecule has 0 saturated carbocycles. The molecule has 0 N–H and O–H groups in total. The Labute approximate surface area is 206 Å². The second-order valence-electron chi connectivity index (χ2n) is 9.11. The first kappa shape index (κ1) is 24.9. The first-order chi connectivity index (χ1) is 17.0. The number of likely N-dealkylation sites (N-methyl/N-ethyl adjacent to an activating group) is 1. The van der Waals surface area contributed by atoms with E-state index in [9.17, 15) is 14.4 Å². The van der Waals surface area contributed by atoms with Gasteiger partial charge in [0.15, 0.2) is 0 Å². The third-order valence-corrected chi connectivity index (χ3v) is 6.80. The molecule has 1 aromatic heterocycles. The molecule has 4 rings (SSSR count). The fourth-order valence-electron chi connectivity index (χ4n) is 4.91. The highest BCUT2D eigenvalue weighted by atomic mass is 16.5. The lowest BCUT2D eigenvalue weighted by Gasteiger charge is -2.31. The van der Waals surface area contributed by atoms with Gasteiger partial charge in [0.05, 0.1) is 24.3 Å². The SMILES string of the molecule is CCN(C[C@@H]1CCCO1)C(=O)C[C@@]1(c2ccccc2)CC(=O)N(CCCOc2cccnc2)C1=O. The minimum absolute atomic E-state index is 0.0114. The topological polar surface area (TPSA) is 89.0 Å². The van der Waals surface area contributed by atoms with Crippen LogP contribution >= 0.6 is 0 Å². The number of ether oxygens (including phenoxy) is 2. The summed E-state index contributed by atoms with van der Waals surface area (Å²) in [5.41, 5.74) is -0.488. The number of nitrogens with zero attached hydrogens (tertiary/aromatic N) is 3. The van der Waals surface area contributed by atoms with Gasteiger partial charge in [0.2, 0.25) is 17.7 Å². The molecule has 0 aliphatic carbocycles. The van der Waals surface area contributed by atoms with Crippen molar-refractivity contribution in [2.75, 3.05) is 32.8 Å². The number of likely N-dealkylation sites (tertiary alicyclic amines) is 1. The first-order valence-corrected chi connectivity index (χ1v) is 12.4. The maximum absolute atomic E-state index is 13.8. The van der Waals surface area contributed by atoms with Gasteiger partial charge in [-0.25, -0.2) is 0 Å². The van der Waals surface area contributed by atoms with Gasteiger partial charge in [0, 0.05) is 45.3 Å². The lowest BCUT2D eigenvalue weighted by atomic mass is 9.75. The highest BCUT2D eigenvalue weighted by Gasteiger charge is 2.53. The maximum atomic E-state index is 13.8. The average Bonchev–Trinajstić information content (AvgIpc) is 3.48. The van der Waals surface area contributed by atoms with Gasteiger partial charge in [-0.3, -0.25) is 24.3 Å². The fourth-order valence-corrected chi connectivity index (χ4v) is 4.91. The van der Waals surface area contributed by atoms with Crippen molar-refractivity contribution in [2.24, 2.45) is 0 Å². The van der Waals surface area contributed by atoms with Crippen LogP contribution in [0, 0.1) is 0 Å². The standard InChI is InChI=1S/C27H33N3O5/c1-2-29(20-23-12-7-15-35-23)24(31)17-27(21-9-4-3-5-10-21)18-25(32)30(26(27)33)14-8-16-34-22-11-6-13-28-19-22/h3-6,9-11,13,19,23H,2,7-8,12,14-18,20H2,1H3/t23-,27-/m0/s1. The minimum Gasteiger partial charge on any atom is -0.492 e. The van der Waals surface area contributed by atoms with Gasteiger partial charge in [-0.1, -0.05) is 30.3 Å². The zero-order chi connectivity index (χ0) is 24.7. The highest BCUT2D eigenvalue weighted by molar-refractivity contribution is 6.10. The quantitative estimate of drug-likeness (QED) is 0.364. The van der Waals surface area contributed by atoms with E-state index in [0.29, 0.717) is 37.4 Å². The molecular weight excluding hydrogens is 446 g/mol. The number of aromatic nitrogens is 1. The van der Waals surface area contributed by atoms with Gasteiger partial charge in [-0.15, -0.1) is 0 Å². The minimum atomic E-state index is -1.19. The Morgan fingerprint density at radius 3 is 2.74 bits per heavy atom. The molecule has 0 bridgehead atoms. The highest BCUT2D eigenvalue weighted by Crippen LogP contribution is 2.40. The molecule has 2 fully saturated rings. The van der Waals surface area contributed by atoms with Crippen LogP contribution in [0.4, 0.5) is 0 Å². The molecule has 2 aliphatic rings. The van der Waals surface area contributed by atoms with Crippen LogP contribution in [-0.4, -0.2) is 71.5 Å². The number of hydrogen-bond donors (Lipinski definition) is 0. The van der Waals surface area contributed by atoms with Gasteiger partial charge in [0.25, 0.3) is 0 Å². The Morgan fingerprint density at radius 2 is 2.06 bits per heavy atom. The predicted octanol–water partition coefficient (Wildman–Crippen LogP) is 2.97. The summed E-state index contributed by atoms with van der Waals surface area (Å²) in [6, 6.07) is 12.8. The molecule has 35 heavy (non-hydrogen) atoms. The Hall–Kier alpha value is -3.26. The molecule has 1 aromatic carbocycles. The largest absolute Gasteiger partial charge is 0.492 e. The van der Waals surface area contributed by atoms with Crippen molar-refractivity contribution in [3.8, 4) is 5.75 Å². The summed E-state index contributed by atoms with van der Waals surface area (Å²) >= 11 is 0. The van der Waals surface area contributed by atoms with E-state index in [0.717, 1.165) is 19.4 Å². The molecule has 8 heteroatoms. The van der Waals surface area contributed by atoms with Crippen LogP contribution in [-0.2, 0) is 24.5 Å². The Kier molecular flexibility index (Phi) is 8.13. The maximum Gasteiger partial charge on any atom is 0.240 e. The zero-order valence-corrected chi connectivity index (χ0v) is 20.2. The van der Waals surface area contributed by atoms with Crippen LogP contribution in [0.15, 0.2) is 54.9 Å². The van der Waals surface area contributed by atoms with Crippen LogP contribution < -0.4 is 4.74 Å². The number of benzene rings is 1. The molecule has 186 valence electrons. The summed E-state index contributed by atoms with van der Waals surface area (Å²) in [5, 5.41) is 0. The van der Waals surface area contributed by atoms with Crippen molar-refractivity contribution in [2.45, 2.75) is 50.5 Å². The van der Waals surface area contributed by atoms with Crippen LogP contribution in [0.3, 0.4) is 0 Å². The molecule has 2 aromatic rings. The third-order valence-electron chi connectivity index (χ3n) is 6.80. The molecule has 8 nitrogen and oxygen atoms in total. The molecular formula is C27H33N3O5. The Bertz CT molecular complexity index is 1010. The number of carbonyl (C=O) groups is 3. The lowest BCUT2D eigenvalue weighted by molar-refractivity contribution is -0.143. The van der Waals surface area contributed by atoms with Crippen LogP contribution in [0.5, 0.6) is 5.75 Å². The summed E-state index contributed by atoms with van der Waals surface area (Å²) in [6.45, 7) is 4.28. The van der Waals surface area contributed by atoms with E-state index in [4.69, 9.17) is 9.47 Å². The molecule has 0 spiro atoms. The number of rotatable bonds is 11. The van der Waals surface area contributed by atoms with Crippen molar-refractivity contribution in [3.63, 3.8) is 0 Å². The van der Waals surface area contributed by atoms with Crippen molar-refractivity contribution >= 4 is 17.7 Å². The summed E-state index contributed by atoms with van der Waals surface area (Å²) in [5.74, 6) is -0.0525. The number of pyridine rings is 1. The number of imide groups is 1. The molecule has 2 aliphatic heterocycles. The van der Waals surface area contributed by atoms with E-state index in [2.05, 4.69) is 4.98 Å². The summed E-state index contributed by atoms with van der Waals surface area (Å²) in [6.07, 6.45) is 5.69.